The molecule has 1 saturated heterocycles. The predicted octanol–water partition coefficient (Wildman–Crippen LogP) is 1.50. The van der Waals surface area contributed by atoms with Crippen LogP contribution in [0.5, 0.6) is 0 Å². The zero-order valence-electron chi connectivity index (χ0n) is 13.3. The van der Waals surface area contributed by atoms with E-state index in [-0.39, 0.29) is 6.54 Å². The molecule has 2 rings (SSSR count). The zero-order valence-corrected chi connectivity index (χ0v) is 13.3. The van der Waals surface area contributed by atoms with Crippen molar-refractivity contribution >= 4 is 23.6 Å². The number of carbonyl (C=O) groups is 3. The average Bonchev–Trinajstić information content (AvgIpc) is 2.90. The van der Waals surface area contributed by atoms with Gasteiger partial charge in [0.25, 0.3) is 0 Å². The van der Waals surface area contributed by atoms with E-state index in [1.165, 1.54) is 0 Å². The summed E-state index contributed by atoms with van der Waals surface area (Å²) < 4.78 is 0. The van der Waals surface area contributed by atoms with Crippen molar-refractivity contribution in [3.05, 3.63) is 29.3 Å². The number of amides is 3. The zero-order chi connectivity index (χ0) is 17.0. The Morgan fingerprint density at radius 2 is 2.00 bits per heavy atom. The number of anilines is 1. The lowest BCUT2D eigenvalue weighted by molar-refractivity contribution is -0.142. The molecule has 0 bridgehead atoms. The standard InChI is InChI=1S/C16H21N3O4/c1-10-5-6-12(8-11(10)2)17-16(23)18-14(20)9-19-7-3-4-13(19)15(21)22/h5-6,8,13H,3-4,7,9H2,1-2H3,(H,21,22)(H2,17,18,20,23)/t13-/m0/s1. The number of nitrogens with one attached hydrogen (secondary N) is 2. The van der Waals surface area contributed by atoms with Crippen molar-refractivity contribution in [1.29, 1.82) is 0 Å². The molecule has 1 fully saturated rings. The molecule has 0 aromatic heterocycles. The number of hydrogen-bond acceptors (Lipinski definition) is 4. The van der Waals surface area contributed by atoms with Crippen LogP contribution in [0.2, 0.25) is 0 Å². The fourth-order valence-corrected chi connectivity index (χ4v) is 2.63. The van der Waals surface area contributed by atoms with Gasteiger partial charge in [-0.1, -0.05) is 6.07 Å². The highest BCUT2D eigenvalue weighted by molar-refractivity contribution is 6.01. The second-order valence-electron chi connectivity index (χ2n) is 5.77. The van der Waals surface area contributed by atoms with Gasteiger partial charge in [0.15, 0.2) is 0 Å². The van der Waals surface area contributed by atoms with Crippen LogP contribution in [0.25, 0.3) is 0 Å². The molecule has 0 spiro atoms. The van der Waals surface area contributed by atoms with Gasteiger partial charge in [-0.2, -0.15) is 0 Å². The average molecular weight is 319 g/mol. The van der Waals surface area contributed by atoms with Crippen LogP contribution in [0.1, 0.15) is 24.0 Å². The van der Waals surface area contributed by atoms with Crippen LogP contribution in [0.4, 0.5) is 10.5 Å². The van der Waals surface area contributed by atoms with Crippen LogP contribution < -0.4 is 10.6 Å². The first-order valence-electron chi connectivity index (χ1n) is 7.52. The molecule has 7 nitrogen and oxygen atoms in total. The quantitative estimate of drug-likeness (QED) is 0.781. The van der Waals surface area contributed by atoms with Gasteiger partial charge in [0.05, 0.1) is 6.54 Å². The first-order chi connectivity index (χ1) is 10.9. The van der Waals surface area contributed by atoms with Crippen LogP contribution in [-0.2, 0) is 9.59 Å². The van der Waals surface area contributed by atoms with Crippen molar-refractivity contribution in [3.8, 4) is 0 Å². The van der Waals surface area contributed by atoms with Crippen molar-refractivity contribution in [3.63, 3.8) is 0 Å². The summed E-state index contributed by atoms with van der Waals surface area (Å²) in [6.07, 6.45) is 1.26. The first-order valence-corrected chi connectivity index (χ1v) is 7.52. The highest BCUT2D eigenvalue weighted by Crippen LogP contribution is 2.17. The topological polar surface area (TPSA) is 98.7 Å². The SMILES string of the molecule is Cc1ccc(NC(=O)NC(=O)CN2CCC[C@H]2C(=O)O)cc1C. The molecule has 0 radical (unpaired) electrons. The minimum absolute atomic E-state index is 0.0999. The Kier molecular flexibility index (Phi) is 5.33. The maximum Gasteiger partial charge on any atom is 0.325 e. The Hall–Kier alpha value is -2.41. The van der Waals surface area contributed by atoms with E-state index >= 15 is 0 Å². The van der Waals surface area contributed by atoms with E-state index in [1.54, 1.807) is 11.0 Å². The van der Waals surface area contributed by atoms with Gasteiger partial charge in [-0.3, -0.25) is 19.8 Å². The molecular weight excluding hydrogens is 298 g/mol. The number of benzene rings is 1. The molecule has 0 unspecified atom stereocenters. The number of imide groups is 1. The van der Waals surface area contributed by atoms with E-state index in [1.807, 2.05) is 26.0 Å². The molecule has 1 aromatic rings. The lowest BCUT2D eigenvalue weighted by Crippen LogP contribution is -2.45. The van der Waals surface area contributed by atoms with Crippen LogP contribution >= 0.6 is 0 Å². The van der Waals surface area contributed by atoms with E-state index < -0.39 is 23.9 Å². The Balaban J connectivity index is 1.86. The molecule has 1 aliphatic rings. The summed E-state index contributed by atoms with van der Waals surface area (Å²) in [4.78, 5) is 36.3. The predicted molar refractivity (Wildman–Crippen MR) is 85.3 cm³/mol. The highest BCUT2D eigenvalue weighted by Gasteiger charge is 2.31. The Morgan fingerprint density at radius 1 is 1.26 bits per heavy atom. The maximum absolute atomic E-state index is 11.9. The van der Waals surface area contributed by atoms with Gasteiger partial charge in [-0.05, 0) is 56.5 Å². The lowest BCUT2D eigenvalue weighted by Gasteiger charge is -2.20. The first kappa shape index (κ1) is 17.0. The summed E-state index contributed by atoms with van der Waals surface area (Å²) >= 11 is 0. The molecule has 3 amide bonds. The van der Waals surface area contributed by atoms with Gasteiger partial charge < -0.3 is 10.4 Å². The third-order valence-corrected chi connectivity index (χ3v) is 4.01. The minimum atomic E-state index is -0.935. The van der Waals surface area contributed by atoms with Crippen molar-refractivity contribution in [2.75, 3.05) is 18.4 Å². The molecule has 0 aliphatic carbocycles. The number of carbonyl (C=O) groups excluding carboxylic acids is 2. The third kappa shape index (κ3) is 4.53. The summed E-state index contributed by atoms with van der Waals surface area (Å²) in [6.45, 7) is 4.35. The second kappa shape index (κ2) is 7.23. The molecule has 1 aliphatic heterocycles. The summed E-state index contributed by atoms with van der Waals surface area (Å²) in [7, 11) is 0. The summed E-state index contributed by atoms with van der Waals surface area (Å²) in [6, 6.07) is 4.19. The second-order valence-corrected chi connectivity index (χ2v) is 5.77. The molecule has 23 heavy (non-hydrogen) atoms. The van der Waals surface area contributed by atoms with Gasteiger partial charge in [-0.15, -0.1) is 0 Å². The Bertz CT molecular complexity index is 630. The van der Waals surface area contributed by atoms with E-state index in [0.29, 0.717) is 18.7 Å². The van der Waals surface area contributed by atoms with Gasteiger partial charge in [0.2, 0.25) is 5.91 Å². The monoisotopic (exact) mass is 319 g/mol. The highest BCUT2D eigenvalue weighted by atomic mass is 16.4. The summed E-state index contributed by atoms with van der Waals surface area (Å²) in [5, 5.41) is 13.9. The van der Waals surface area contributed by atoms with Gasteiger partial charge in [-0.25, -0.2) is 4.79 Å². The number of aryl methyl sites for hydroxylation is 2. The third-order valence-electron chi connectivity index (χ3n) is 4.01. The normalized spacial score (nSPS) is 17.7. The Labute approximate surface area is 134 Å². The summed E-state index contributed by atoms with van der Waals surface area (Å²) in [5.74, 6) is -1.45. The van der Waals surface area contributed by atoms with Crippen molar-refractivity contribution in [1.82, 2.24) is 10.2 Å². The maximum atomic E-state index is 11.9. The van der Waals surface area contributed by atoms with E-state index in [2.05, 4.69) is 10.6 Å². The number of carboxylic acid groups (broad SMARTS) is 1. The molecule has 7 heteroatoms. The van der Waals surface area contributed by atoms with E-state index in [9.17, 15) is 14.4 Å². The van der Waals surface area contributed by atoms with Gasteiger partial charge >= 0.3 is 12.0 Å². The van der Waals surface area contributed by atoms with E-state index in [4.69, 9.17) is 5.11 Å². The lowest BCUT2D eigenvalue weighted by atomic mass is 10.1. The van der Waals surface area contributed by atoms with Crippen LogP contribution in [0.3, 0.4) is 0 Å². The van der Waals surface area contributed by atoms with Crippen LogP contribution in [0.15, 0.2) is 18.2 Å². The van der Waals surface area contributed by atoms with Gasteiger partial charge in [0.1, 0.15) is 6.04 Å². The number of urea groups is 1. The van der Waals surface area contributed by atoms with Gasteiger partial charge in [0, 0.05) is 5.69 Å². The number of rotatable bonds is 4. The smallest absolute Gasteiger partial charge is 0.325 e. The molecule has 3 N–H and O–H groups in total. The molecule has 124 valence electrons. The Morgan fingerprint density at radius 3 is 2.65 bits per heavy atom. The molecule has 1 heterocycles. The van der Waals surface area contributed by atoms with E-state index in [0.717, 1.165) is 17.5 Å². The summed E-state index contributed by atoms with van der Waals surface area (Å²) in [5.41, 5.74) is 2.75. The number of likely N-dealkylation sites (tertiary alicyclic amines) is 1. The molecule has 1 aromatic carbocycles. The molecular formula is C16H21N3O4. The van der Waals surface area contributed by atoms with Crippen LogP contribution in [0, 0.1) is 13.8 Å². The fraction of sp³-hybridized carbons (Fsp3) is 0.438. The number of carboxylic acids is 1. The van der Waals surface area contributed by atoms with Crippen molar-refractivity contribution in [2.45, 2.75) is 32.7 Å². The number of hydrogen-bond donors (Lipinski definition) is 3. The largest absolute Gasteiger partial charge is 0.480 e. The van der Waals surface area contributed by atoms with Crippen molar-refractivity contribution in [2.24, 2.45) is 0 Å². The minimum Gasteiger partial charge on any atom is -0.480 e. The molecule has 0 saturated carbocycles. The van der Waals surface area contributed by atoms with Crippen LogP contribution in [-0.4, -0.2) is 47.0 Å². The fourth-order valence-electron chi connectivity index (χ4n) is 2.63. The molecule has 1 atom stereocenters. The number of aliphatic carboxylic acids is 1. The van der Waals surface area contributed by atoms with Crippen molar-refractivity contribution < 1.29 is 19.5 Å². The number of nitrogens with zero attached hydrogens (tertiary/aromatic N) is 1.